The van der Waals surface area contributed by atoms with Gasteiger partial charge in [0.05, 0.1) is 6.61 Å². The zero-order valence-corrected chi connectivity index (χ0v) is 16.5. The number of nitrogens with two attached hydrogens (primary N) is 1. The molecule has 146 valence electrons. The summed E-state index contributed by atoms with van der Waals surface area (Å²) < 4.78 is 5.80. The lowest BCUT2D eigenvalue weighted by Gasteiger charge is -2.36. The molecule has 1 aromatic carbocycles. The second-order valence-corrected chi connectivity index (χ2v) is 7.09. The van der Waals surface area contributed by atoms with Crippen LogP contribution in [0, 0.1) is 0 Å². The van der Waals surface area contributed by atoms with Crippen molar-refractivity contribution in [2.75, 3.05) is 31.6 Å². The first kappa shape index (κ1) is 20.6. The van der Waals surface area contributed by atoms with Crippen molar-refractivity contribution >= 4 is 11.6 Å². The first-order valence-electron chi connectivity index (χ1n) is 10.3. The van der Waals surface area contributed by atoms with Gasteiger partial charge in [-0.25, -0.2) is 0 Å². The van der Waals surface area contributed by atoms with Crippen molar-refractivity contribution in [3.05, 3.63) is 24.3 Å². The summed E-state index contributed by atoms with van der Waals surface area (Å²) in [7, 11) is 0. The van der Waals surface area contributed by atoms with Gasteiger partial charge in [0.2, 0.25) is 0 Å². The Bertz CT molecular complexity index is 529. The molecule has 1 saturated heterocycles. The van der Waals surface area contributed by atoms with Crippen LogP contribution in [0.3, 0.4) is 0 Å². The van der Waals surface area contributed by atoms with E-state index in [0.29, 0.717) is 12.6 Å². The van der Waals surface area contributed by atoms with Gasteiger partial charge in [-0.3, -0.25) is 4.99 Å². The topological polar surface area (TPSA) is 62.9 Å². The SMILES string of the molecule is CCCCCOc1ccc(NC(=NCCCN)N2CCCCC2C)cc1. The average molecular weight is 361 g/mol. The Labute approximate surface area is 159 Å². The van der Waals surface area contributed by atoms with Crippen molar-refractivity contribution < 1.29 is 4.74 Å². The zero-order valence-electron chi connectivity index (χ0n) is 16.5. The molecular formula is C21H36N4O. The largest absolute Gasteiger partial charge is 0.494 e. The number of rotatable bonds is 9. The highest BCUT2D eigenvalue weighted by molar-refractivity contribution is 5.94. The van der Waals surface area contributed by atoms with Crippen molar-refractivity contribution in [1.82, 2.24) is 4.90 Å². The van der Waals surface area contributed by atoms with Crippen LogP contribution >= 0.6 is 0 Å². The van der Waals surface area contributed by atoms with Gasteiger partial charge in [-0.1, -0.05) is 19.8 Å². The molecule has 0 radical (unpaired) electrons. The van der Waals surface area contributed by atoms with Gasteiger partial charge in [-0.2, -0.15) is 0 Å². The molecule has 1 fully saturated rings. The number of hydrogen-bond acceptors (Lipinski definition) is 3. The fraction of sp³-hybridized carbons (Fsp3) is 0.667. The smallest absolute Gasteiger partial charge is 0.198 e. The lowest BCUT2D eigenvalue weighted by molar-refractivity contribution is 0.257. The van der Waals surface area contributed by atoms with Crippen LogP contribution < -0.4 is 15.8 Å². The van der Waals surface area contributed by atoms with Crippen LogP contribution in [-0.4, -0.2) is 43.1 Å². The molecule has 1 aromatic rings. The van der Waals surface area contributed by atoms with E-state index in [0.717, 1.165) is 49.9 Å². The Morgan fingerprint density at radius 1 is 1.23 bits per heavy atom. The second kappa shape index (κ2) is 11.8. The molecule has 1 unspecified atom stereocenters. The Hall–Kier alpha value is -1.75. The van der Waals surface area contributed by atoms with Crippen LogP contribution in [0.25, 0.3) is 0 Å². The van der Waals surface area contributed by atoms with Crippen LogP contribution in [0.1, 0.15) is 58.8 Å². The summed E-state index contributed by atoms with van der Waals surface area (Å²) in [6.07, 6.45) is 8.22. The third-order valence-electron chi connectivity index (χ3n) is 4.83. The van der Waals surface area contributed by atoms with Gasteiger partial charge in [0.15, 0.2) is 5.96 Å². The Morgan fingerprint density at radius 3 is 2.73 bits per heavy atom. The number of aliphatic imine (C=N–C) groups is 1. The van der Waals surface area contributed by atoms with E-state index in [2.05, 4.69) is 36.2 Å². The number of anilines is 1. The van der Waals surface area contributed by atoms with Crippen molar-refractivity contribution in [2.45, 2.75) is 64.8 Å². The summed E-state index contributed by atoms with van der Waals surface area (Å²) in [4.78, 5) is 7.19. The minimum absolute atomic E-state index is 0.522. The molecule has 3 N–H and O–H groups in total. The van der Waals surface area contributed by atoms with Gasteiger partial charge >= 0.3 is 0 Å². The average Bonchev–Trinajstić information content (AvgIpc) is 2.66. The fourth-order valence-electron chi connectivity index (χ4n) is 3.20. The van der Waals surface area contributed by atoms with Gasteiger partial charge < -0.3 is 20.7 Å². The molecular weight excluding hydrogens is 324 g/mol. The number of ether oxygens (including phenoxy) is 1. The van der Waals surface area contributed by atoms with Crippen molar-refractivity contribution in [1.29, 1.82) is 0 Å². The number of guanidine groups is 1. The third kappa shape index (κ3) is 6.87. The number of benzene rings is 1. The van der Waals surface area contributed by atoms with Gasteiger partial charge in [0, 0.05) is 24.8 Å². The van der Waals surface area contributed by atoms with Gasteiger partial charge in [-0.15, -0.1) is 0 Å². The van der Waals surface area contributed by atoms with Gasteiger partial charge in [0.1, 0.15) is 5.75 Å². The predicted molar refractivity (Wildman–Crippen MR) is 111 cm³/mol. The van der Waals surface area contributed by atoms with E-state index in [1.807, 2.05) is 12.1 Å². The molecule has 1 aliphatic heterocycles. The molecule has 1 aliphatic rings. The standard InChI is InChI=1S/C21H36N4O/c1-3-4-7-17-26-20-12-10-19(11-13-20)24-21(23-15-8-14-22)25-16-6-5-9-18(25)2/h10-13,18H,3-9,14-17,22H2,1-2H3,(H,23,24). The zero-order chi connectivity index (χ0) is 18.6. The molecule has 1 atom stereocenters. The maximum absolute atomic E-state index is 5.80. The number of nitrogens with one attached hydrogen (secondary N) is 1. The molecule has 0 amide bonds. The van der Waals surface area contributed by atoms with E-state index in [4.69, 9.17) is 15.5 Å². The Kier molecular flexibility index (Phi) is 9.32. The van der Waals surface area contributed by atoms with Crippen molar-refractivity contribution in [3.8, 4) is 5.75 Å². The highest BCUT2D eigenvalue weighted by Gasteiger charge is 2.21. The summed E-state index contributed by atoms with van der Waals surface area (Å²) in [5.41, 5.74) is 6.68. The molecule has 26 heavy (non-hydrogen) atoms. The highest BCUT2D eigenvalue weighted by Crippen LogP contribution is 2.20. The van der Waals surface area contributed by atoms with Crippen molar-refractivity contribution in [3.63, 3.8) is 0 Å². The van der Waals surface area contributed by atoms with Crippen LogP contribution in [0.2, 0.25) is 0 Å². The molecule has 0 bridgehead atoms. The summed E-state index contributed by atoms with van der Waals surface area (Å²) in [6, 6.07) is 8.73. The molecule has 1 heterocycles. The maximum atomic E-state index is 5.80. The first-order valence-corrected chi connectivity index (χ1v) is 10.3. The normalized spacial score (nSPS) is 18.0. The van der Waals surface area contributed by atoms with E-state index in [1.165, 1.54) is 32.1 Å². The minimum atomic E-state index is 0.522. The van der Waals surface area contributed by atoms with Gasteiger partial charge in [0.25, 0.3) is 0 Å². The highest BCUT2D eigenvalue weighted by atomic mass is 16.5. The monoisotopic (exact) mass is 360 g/mol. The summed E-state index contributed by atoms with van der Waals surface area (Å²) in [6.45, 7) is 7.78. The minimum Gasteiger partial charge on any atom is -0.494 e. The summed E-state index contributed by atoms with van der Waals surface area (Å²) >= 11 is 0. The van der Waals surface area contributed by atoms with E-state index in [9.17, 15) is 0 Å². The Morgan fingerprint density at radius 2 is 2.04 bits per heavy atom. The number of likely N-dealkylation sites (tertiary alicyclic amines) is 1. The molecule has 5 nitrogen and oxygen atoms in total. The molecule has 0 spiro atoms. The Balaban J connectivity index is 1.97. The van der Waals surface area contributed by atoms with Crippen molar-refractivity contribution in [2.24, 2.45) is 10.7 Å². The number of hydrogen-bond donors (Lipinski definition) is 2. The van der Waals surface area contributed by atoms with Crippen LogP contribution in [0.4, 0.5) is 5.69 Å². The summed E-state index contributed by atoms with van der Waals surface area (Å²) in [5, 5.41) is 3.52. The van der Waals surface area contributed by atoms with E-state index in [-0.39, 0.29) is 0 Å². The second-order valence-electron chi connectivity index (χ2n) is 7.09. The maximum Gasteiger partial charge on any atom is 0.198 e. The van der Waals surface area contributed by atoms with Crippen LogP contribution in [-0.2, 0) is 0 Å². The first-order chi connectivity index (χ1) is 12.7. The molecule has 0 aliphatic carbocycles. The molecule has 0 saturated carbocycles. The van der Waals surface area contributed by atoms with E-state index >= 15 is 0 Å². The lowest BCUT2D eigenvalue weighted by Crippen LogP contribution is -2.45. The molecule has 2 rings (SSSR count). The van der Waals surface area contributed by atoms with Gasteiger partial charge in [-0.05, 0) is 69.8 Å². The predicted octanol–water partition coefficient (Wildman–Crippen LogP) is 4.25. The van der Waals surface area contributed by atoms with Crippen LogP contribution in [0.15, 0.2) is 29.3 Å². The quantitative estimate of drug-likeness (QED) is 0.393. The number of nitrogens with zero attached hydrogens (tertiary/aromatic N) is 2. The lowest BCUT2D eigenvalue weighted by atomic mass is 10.0. The van der Waals surface area contributed by atoms with E-state index < -0.39 is 0 Å². The summed E-state index contributed by atoms with van der Waals surface area (Å²) in [5.74, 6) is 1.90. The molecule has 0 aromatic heterocycles. The van der Waals surface area contributed by atoms with Crippen LogP contribution in [0.5, 0.6) is 5.75 Å². The number of piperidine rings is 1. The third-order valence-corrected chi connectivity index (χ3v) is 4.83. The molecule has 5 heteroatoms. The number of unbranched alkanes of at least 4 members (excludes halogenated alkanes) is 2. The van der Waals surface area contributed by atoms with E-state index in [1.54, 1.807) is 0 Å². The fourth-order valence-corrected chi connectivity index (χ4v) is 3.20.